The van der Waals surface area contributed by atoms with Crippen LogP contribution in [0.5, 0.6) is 5.75 Å². The normalized spacial score (nSPS) is 20.4. The summed E-state index contributed by atoms with van der Waals surface area (Å²) in [4.78, 5) is 0. The first kappa shape index (κ1) is 12.3. The Hall–Kier alpha value is -0.730. The van der Waals surface area contributed by atoms with Gasteiger partial charge in [-0.05, 0) is 43.2 Å². The third kappa shape index (κ3) is 1.59. The molecule has 0 heterocycles. The molecule has 1 aromatic carbocycles. The predicted octanol–water partition coefficient (Wildman–Crippen LogP) is 3.22. The molecule has 1 fully saturated rings. The van der Waals surface area contributed by atoms with Crippen LogP contribution in [0.3, 0.4) is 0 Å². The van der Waals surface area contributed by atoms with Gasteiger partial charge in [-0.3, -0.25) is 0 Å². The van der Waals surface area contributed by atoms with Crippen molar-refractivity contribution in [1.82, 2.24) is 0 Å². The van der Waals surface area contributed by atoms with Gasteiger partial charge in [0.2, 0.25) is 0 Å². The zero-order chi connectivity index (χ0) is 12.8. The van der Waals surface area contributed by atoms with E-state index in [1.54, 1.807) is 7.11 Å². The summed E-state index contributed by atoms with van der Waals surface area (Å²) in [6, 6.07) is 2.32. The lowest BCUT2D eigenvalue weighted by molar-refractivity contribution is 0.243. The van der Waals surface area contributed by atoms with Gasteiger partial charge in [0.1, 0.15) is 5.75 Å². The first-order chi connectivity index (χ1) is 8.72. The SMILES string of the molecule is COc1c(C2(CN)CCC2)cc2c(c1Cl)CCC2. The van der Waals surface area contributed by atoms with Gasteiger partial charge in [-0.15, -0.1) is 0 Å². The zero-order valence-corrected chi connectivity index (χ0v) is 11.6. The fourth-order valence-electron chi connectivity index (χ4n) is 3.45. The summed E-state index contributed by atoms with van der Waals surface area (Å²) in [6.45, 7) is 0.693. The molecule has 0 aliphatic heterocycles. The average Bonchev–Trinajstić information content (AvgIpc) is 2.77. The predicted molar refractivity (Wildman–Crippen MR) is 74.6 cm³/mol. The molecule has 0 spiro atoms. The molecule has 0 radical (unpaired) electrons. The Morgan fingerprint density at radius 1 is 1.33 bits per heavy atom. The molecule has 3 rings (SSSR count). The van der Waals surface area contributed by atoms with Crippen molar-refractivity contribution in [2.75, 3.05) is 13.7 Å². The van der Waals surface area contributed by atoms with Crippen LogP contribution in [0.4, 0.5) is 0 Å². The smallest absolute Gasteiger partial charge is 0.141 e. The van der Waals surface area contributed by atoms with Gasteiger partial charge in [-0.2, -0.15) is 0 Å². The highest BCUT2D eigenvalue weighted by Gasteiger charge is 2.41. The minimum absolute atomic E-state index is 0.118. The van der Waals surface area contributed by atoms with Crippen molar-refractivity contribution < 1.29 is 4.74 Å². The lowest BCUT2D eigenvalue weighted by atomic mass is 9.64. The number of hydrogen-bond donors (Lipinski definition) is 1. The Labute approximate surface area is 113 Å². The molecule has 3 heteroatoms. The van der Waals surface area contributed by atoms with Crippen LogP contribution >= 0.6 is 11.6 Å². The third-order valence-electron chi connectivity index (χ3n) is 4.76. The standard InChI is InChI=1S/C15H20ClNO/c1-18-14-12(15(9-17)6-3-7-15)8-10-4-2-5-11(10)13(14)16/h8H,2-7,9,17H2,1H3. The second-order valence-corrected chi connectivity index (χ2v) is 5.98. The van der Waals surface area contributed by atoms with Gasteiger partial charge in [0, 0.05) is 17.5 Å². The van der Waals surface area contributed by atoms with Crippen molar-refractivity contribution in [3.8, 4) is 5.75 Å². The van der Waals surface area contributed by atoms with Crippen LogP contribution in [0.25, 0.3) is 0 Å². The second-order valence-electron chi connectivity index (χ2n) is 5.60. The Morgan fingerprint density at radius 3 is 2.67 bits per heavy atom. The molecule has 0 unspecified atom stereocenters. The van der Waals surface area contributed by atoms with E-state index in [1.807, 2.05) is 0 Å². The molecule has 2 N–H and O–H groups in total. The molecule has 2 aliphatic rings. The summed E-state index contributed by atoms with van der Waals surface area (Å²) in [5.74, 6) is 0.877. The Bertz CT molecular complexity index is 474. The van der Waals surface area contributed by atoms with Crippen molar-refractivity contribution >= 4 is 11.6 Å². The lowest BCUT2D eigenvalue weighted by Crippen LogP contribution is -2.42. The molecule has 0 bridgehead atoms. The van der Waals surface area contributed by atoms with E-state index in [2.05, 4.69) is 6.07 Å². The summed E-state index contributed by atoms with van der Waals surface area (Å²) in [5.41, 5.74) is 10.1. The summed E-state index contributed by atoms with van der Waals surface area (Å²) in [5, 5.41) is 0.835. The van der Waals surface area contributed by atoms with Crippen LogP contribution in [-0.4, -0.2) is 13.7 Å². The van der Waals surface area contributed by atoms with E-state index in [0.717, 1.165) is 36.5 Å². The molecule has 0 aromatic heterocycles. The van der Waals surface area contributed by atoms with Gasteiger partial charge in [-0.1, -0.05) is 24.1 Å². The van der Waals surface area contributed by atoms with Crippen LogP contribution in [0, 0.1) is 0 Å². The van der Waals surface area contributed by atoms with Gasteiger partial charge in [0.15, 0.2) is 0 Å². The highest BCUT2D eigenvalue weighted by atomic mass is 35.5. The van der Waals surface area contributed by atoms with E-state index >= 15 is 0 Å². The fraction of sp³-hybridized carbons (Fsp3) is 0.600. The minimum atomic E-state index is 0.118. The number of aryl methyl sites for hydroxylation is 1. The summed E-state index contributed by atoms with van der Waals surface area (Å²) < 4.78 is 5.60. The first-order valence-electron chi connectivity index (χ1n) is 6.80. The van der Waals surface area contributed by atoms with E-state index in [9.17, 15) is 0 Å². The van der Waals surface area contributed by atoms with Crippen molar-refractivity contribution in [1.29, 1.82) is 0 Å². The summed E-state index contributed by atoms with van der Waals surface area (Å²) in [7, 11) is 1.72. The molecule has 0 atom stereocenters. The minimum Gasteiger partial charge on any atom is -0.495 e. The Balaban J connectivity index is 2.17. The summed E-state index contributed by atoms with van der Waals surface area (Å²) >= 11 is 6.54. The first-order valence-corrected chi connectivity index (χ1v) is 7.18. The number of rotatable bonds is 3. The van der Waals surface area contributed by atoms with Gasteiger partial charge in [0.05, 0.1) is 12.1 Å². The zero-order valence-electron chi connectivity index (χ0n) is 10.9. The van der Waals surface area contributed by atoms with Crippen molar-refractivity contribution in [2.45, 2.75) is 43.9 Å². The Morgan fingerprint density at radius 2 is 2.11 bits per heavy atom. The maximum atomic E-state index is 6.54. The number of methoxy groups -OCH3 is 1. The van der Waals surface area contributed by atoms with E-state index in [1.165, 1.54) is 29.5 Å². The molecule has 98 valence electrons. The van der Waals surface area contributed by atoms with Gasteiger partial charge < -0.3 is 10.5 Å². The topological polar surface area (TPSA) is 35.2 Å². The number of benzene rings is 1. The molecule has 0 saturated heterocycles. The molecule has 1 saturated carbocycles. The van der Waals surface area contributed by atoms with Crippen molar-refractivity contribution in [3.63, 3.8) is 0 Å². The molecule has 18 heavy (non-hydrogen) atoms. The van der Waals surface area contributed by atoms with Crippen molar-refractivity contribution in [2.24, 2.45) is 5.73 Å². The highest BCUT2D eigenvalue weighted by Crippen LogP contribution is 2.50. The van der Waals surface area contributed by atoms with E-state index < -0.39 is 0 Å². The van der Waals surface area contributed by atoms with Crippen LogP contribution in [0.2, 0.25) is 5.02 Å². The Kier molecular flexibility index (Phi) is 3.03. The maximum Gasteiger partial charge on any atom is 0.141 e. The maximum absolute atomic E-state index is 6.54. The van der Waals surface area contributed by atoms with Gasteiger partial charge in [0.25, 0.3) is 0 Å². The number of hydrogen-bond acceptors (Lipinski definition) is 2. The molecule has 2 nitrogen and oxygen atoms in total. The van der Waals surface area contributed by atoms with E-state index in [0.29, 0.717) is 6.54 Å². The molecular formula is C15H20ClNO. The largest absolute Gasteiger partial charge is 0.495 e. The molecular weight excluding hydrogens is 246 g/mol. The van der Waals surface area contributed by atoms with Crippen LogP contribution in [0.15, 0.2) is 6.07 Å². The van der Waals surface area contributed by atoms with Gasteiger partial charge >= 0.3 is 0 Å². The molecule has 0 amide bonds. The van der Waals surface area contributed by atoms with Crippen LogP contribution < -0.4 is 10.5 Å². The fourth-order valence-corrected chi connectivity index (χ4v) is 3.85. The van der Waals surface area contributed by atoms with Gasteiger partial charge in [-0.25, -0.2) is 0 Å². The lowest BCUT2D eigenvalue weighted by Gasteiger charge is -2.42. The third-order valence-corrected chi connectivity index (χ3v) is 5.16. The van der Waals surface area contributed by atoms with Crippen molar-refractivity contribution in [3.05, 3.63) is 27.8 Å². The quantitative estimate of drug-likeness (QED) is 0.911. The highest BCUT2D eigenvalue weighted by molar-refractivity contribution is 6.33. The molecule has 1 aromatic rings. The van der Waals surface area contributed by atoms with E-state index in [4.69, 9.17) is 22.1 Å². The molecule has 2 aliphatic carbocycles. The number of nitrogens with two attached hydrogens (primary N) is 1. The number of fused-ring (bicyclic) bond motifs is 1. The van der Waals surface area contributed by atoms with Crippen LogP contribution in [-0.2, 0) is 18.3 Å². The van der Waals surface area contributed by atoms with E-state index in [-0.39, 0.29) is 5.41 Å². The summed E-state index contributed by atoms with van der Waals surface area (Å²) in [6.07, 6.45) is 7.02. The second kappa shape index (κ2) is 4.43. The monoisotopic (exact) mass is 265 g/mol. The van der Waals surface area contributed by atoms with Crippen LogP contribution in [0.1, 0.15) is 42.4 Å². The number of ether oxygens (including phenoxy) is 1. The number of halogens is 1. The average molecular weight is 266 g/mol.